The highest BCUT2D eigenvalue weighted by Crippen LogP contribution is 2.40. The Bertz CT molecular complexity index is 357. The minimum atomic E-state index is -0.460. The number of nitro groups is 1. The van der Waals surface area contributed by atoms with Gasteiger partial charge in [0.2, 0.25) is 0 Å². The second-order valence-corrected chi connectivity index (χ2v) is 4.87. The first-order chi connectivity index (χ1) is 6.59. The Morgan fingerprint density at radius 2 is 2.29 bits per heavy atom. The molecule has 2 rings (SSSR count). The van der Waals surface area contributed by atoms with Crippen LogP contribution in [-0.4, -0.2) is 15.6 Å². The van der Waals surface area contributed by atoms with E-state index in [1.807, 2.05) is 0 Å². The summed E-state index contributed by atoms with van der Waals surface area (Å²) < 4.78 is 0. The van der Waals surface area contributed by atoms with E-state index in [1.54, 1.807) is 6.07 Å². The summed E-state index contributed by atoms with van der Waals surface area (Å²) in [5.74, 6) is 0. The van der Waals surface area contributed by atoms with Gasteiger partial charge < -0.3 is 5.11 Å². The smallest absolute Gasteiger partial charge is 0.324 e. The first-order valence-electron chi connectivity index (χ1n) is 4.55. The molecule has 0 radical (unpaired) electrons. The summed E-state index contributed by atoms with van der Waals surface area (Å²) >= 11 is 1.20. The van der Waals surface area contributed by atoms with Crippen LogP contribution in [-0.2, 0) is 6.42 Å². The molecule has 1 saturated carbocycles. The van der Waals surface area contributed by atoms with Crippen molar-refractivity contribution in [1.29, 1.82) is 0 Å². The van der Waals surface area contributed by atoms with E-state index in [0.29, 0.717) is 0 Å². The van der Waals surface area contributed by atoms with Crippen LogP contribution in [0.3, 0.4) is 0 Å². The second kappa shape index (κ2) is 3.33. The van der Waals surface area contributed by atoms with Gasteiger partial charge in [-0.3, -0.25) is 10.1 Å². The van der Waals surface area contributed by atoms with Gasteiger partial charge in [-0.15, -0.1) is 0 Å². The summed E-state index contributed by atoms with van der Waals surface area (Å²) in [5, 5.41) is 20.2. The largest absolute Gasteiger partial charge is 0.390 e. The zero-order valence-electron chi connectivity index (χ0n) is 7.60. The molecule has 0 bridgehead atoms. The maximum Gasteiger partial charge on any atom is 0.324 e. The molecule has 0 saturated heterocycles. The predicted octanol–water partition coefficient (Wildman–Crippen LogP) is 2.11. The van der Waals surface area contributed by atoms with Gasteiger partial charge in [-0.2, -0.15) is 0 Å². The number of aryl methyl sites for hydroxylation is 1. The number of hydrogen-bond acceptors (Lipinski definition) is 4. The van der Waals surface area contributed by atoms with E-state index in [9.17, 15) is 15.2 Å². The summed E-state index contributed by atoms with van der Waals surface area (Å²) in [4.78, 5) is 11.0. The van der Waals surface area contributed by atoms with Crippen molar-refractivity contribution < 1.29 is 10.0 Å². The highest BCUT2D eigenvalue weighted by molar-refractivity contribution is 7.15. The fourth-order valence-electron chi connectivity index (χ4n) is 1.35. The lowest BCUT2D eigenvalue weighted by atomic mass is 10.1. The van der Waals surface area contributed by atoms with Crippen LogP contribution in [0.4, 0.5) is 5.00 Å². The average molecular weight is 213 g/mol. The SMILES string of the molecule is O=[N+]([O-])c1ccc(CCC2(O)CC2)s1. The summed E-state index contributed by atoms with van der Waals surface area (Å²) in [5.41, 5.74) is -0.460. The van der Waals surface area contributed by atoms with Gasteiger partial charge in [0.05, 0.1) is 10.5 Å². The van der Waals surface area contributed by atoms with Crippen molar-refractivity contribution in [1.82, 2.24) is 0 Å². The van der Waals surface area contributed by atoms with E-state index in [2.05, 4.69) is 0 Å². The molecule has 1 aliphatic rings. The molecule has 1 fully saturated rings. The van der Waals surface area contributed by atoms with Crippen molar-refractivity contribution in [2.75, 3.05) is 0 Å². The van der Waals surface area contributed by atoms with Gasteiger partial charge in [-0.1, -0.05) is 11.3 Å². The van der Waals surface area contributed by atoms with Crippen LogP contribution in [0.25, 0.3) is 0 Å². The zero-order valence-corrected chi connectivity index (χ0v) is 8.42. The monoisotopic (exact) mass is 213 g/mol. The molecule has 0 aliphatic heterocycles. The van der Waals surface area contributed by atoms with Gasteiger partial charge in [0.25, 0.3) is 0 Å². The van der Waals surface area contributed by atoms with Crippen molar-refractivity contribution in [2.45, 2.75) is 31.3 Å². The molecular formula is C9H11NO3S. The molecule has 0 spiro atoms. The van der Waals surface area contributed by atoms with E-state index < -0.39 is 5.60 Å². The molecule has 14 heavy (non-hydrogen) atoms. The first-order valence-corrected chi connectivity index (χ1v) is 5.36. The Kier molecular flexibility index (Phi) is 2.28. The molecule has 0 aromatic carbocycles. The lowest BCUT2D eigenvalue weighted by Crippen LogP contribution is -2.06. The third kappa shape index (κ3) is 2.10. The van der Waals surface area contributed by atoms with Crippen LogP contribution in [0, 0.1) is 10.1 Å². The molecule has 0 amide bonds. The Labute approximate surface area is 85.3 Å². The molecule has 1 aromatic rings. The summed E-state index contributed by atoms with van der Waals surface area (Å²) in [6.45, 7) is 0. The summed E-state index contributed by atoms with van der Waals surface area (Å²) in [7, 11) is 0. The summed E-state index contributed by atoms with van der Waals surface area (Å²) in [6.07, 6.45) is 3.22. The number of aliphatic hydroxyl groups is 1. The van der Waals surface area contributed by atoms with E-state index >= 15 is 0 Å². The Morgan fingerprint density at radius 1 is 1.57 bits per heavy atom. The van der Waals surface area contributed by atoms with Crippen LogP contribution in [0.2, 0.25) is 0 Å². The molecule has 0 unspecified atom stereocenters. The van der Waals surface area contributed by atoms with Crippen LogP contribution in [0.15, 0.2) is 12.1 Å². The van der Waals surface area contributed by atoms with Crippen LogP contribution >= 0.6 is 11.3 Å². The zero-order chi connectivity index (χ0) is 10.2. The normalized spacial score (nSPS) is 18.1. The quantitative estimate of drug-likeness (QED) is 0.615. The van der Waals surface area contributed by atoms with Crippen LogP contribution < -0.4 is 0 Å². The van der Waals surface area contributed by atoms with Crippen molar-refractivity contribution in [2.24, 2.45) is 0 Å². The maximum absolute atomic E-state index is 10.4. The molecule has 76 valence electrons. The van der Waals surface area contributed by atoms with Crippen molar-refractivity contribution in [3.05, 3.63) is 27.1 Å². The van der Waals surface area contributed by atoms with Gasteiger partial charge in [-0.25, -0.2) is 0 Å². The number of thiophene rings is 1. The highest BCUT2D eigenvalue weighted by Gasteiger charge is 2.39. The lowest BCUT2D eigenvalue weighted by molar-refractivity contribution is -0.380. The Morgan fingerprint density at radius 3 is 2.79 bits per heavy atom. The van der Waals surface area contributed by atoms with Crippen LogP contribution in [0.1, 0.15) is 24.1 Å². The average Bonchev–Trinajstić information content (AvgIpc) is 2.68. The fourth-order valence-corrected chi connectivity index (χ4v) is 2.17. The van der Waals surface area contributed by atoms with E-state index in [4.69, 9.17) is 0 Å². The maximum atomic E-state index is 10.4. The lowest BCUT2D eigenvalue weighted by Gasteiger charge is -2.03. The third-order valence-electron chi connectivity index (χ3n) is 2.49. The van der Waals surface area contributed by atoms with E-state index in [1.165, 1.54) is 17.4 Å². The van der Waals surface area contributed by atoms with Gasteiger partial charge in [0, 0.05) is 10.9 Å². The van der Waals surface area contributed by atoms with Gasteiger partial charge in [-0.05, 0) is 31.7 Å². The predicted molar refractivity (Wildman–Crippen MR) is 53.5 cm³/mol. The highest BCUT2D eigenvalue weighted by atomic mass is 32.1. The van der Waals surface area contributed by atoms with E-state index in [0.717, 1.165) is 30.6 Å². The number of rotatable bonds is 4. The Balaban J connectivity index is 1.93. The molecule has 0 atom stereocenters. The standard InChI is InChI=1S/C9H11NO3S/c11-9(5-6-9)4-3-7-1-2-8(14-7)10(12)13/h1-2,11H,3-6H2. The number of hydrogen-bond donors (Lipinski definition) is 1. The molecule has 1 aliphatic carbocycles. The topological polar surface area (TPSA) is 63.4 Å². The Hall–Kier alpha value is -0.940. The minimum Gasteiger partial charge on any atom is -0.390 e. The van der Waals surface area contributed by atoms with E-state index in [-0.39, 0.29) is 9.92 Å². The van der Waals surface area contributed by atoms with Gasteiger partial charge in [0.15, 0.2) is 0 Å². The first kappa shape index (κ1) is 9.61. The molecule has 1 aromatic heterocycles. The molecule has 4 nitrogen and oxygen atoms in total. The van der Waals surface area contributed by atoms with Crippen molar-refractivity contribution in [3.63, 3.8) is 0 Å². The summed E-state index contributed by atoms with van der Waals surface area (Å²) in [6, 6.07) is 3.30. The number of nitrogens with zero attached hydrogens (tertiary/aromatic N) is 1. The molecule has 1 heterocycles. The van der Waals surface area contributed by atoms with Crippen molar-refractivity contribution >= 4 is 16.3 Å². The third-order valence-corrected chi connectivity index (χ3v) is 3.59. The molecule has 5 heteroatoms. The van der Waals surface area contributed by atoms with Gasteiger partial charge in [0.1, 0.15) is 0 Å². The molecule has 1 N–H and O–H groups in total. The minimum absolute atomic E-state index is 0.183. The van der Waals surface area contributed by atoms with Crippen molar-refractivity contribution in [3.8, 4) is 0 Å². The second-order valence-electron chi connectivity index (χ2n) is 3.72. The molecular weight excluding hydrogens is 202 g/mol. The van der Waals surface area contributed by atoms with Crippen LogP contribution in [0.5, 0.6) is 0 Å². The fraction of sp³-hybridized carbons (Fsp3) is 0.556. The van der Waals surface area contributed by atoms with Gasteiger partial charge >= 0.3 is 5.00 Å².